The Hall–Kier alpha value is -3.06. The average Bonchev–Trinajstić information content (AvgIpc) is 2.81. The molecule has 2 rings (SSSR count). The molecule has 220 valence electrons. The summed E-state index contributed by atoms with van der Waals surface area (Å²) in [4.78, 5) is 43.3. The van der Waals surface area contributed by atoms with E-state index in [-0.39, 0.29) is 11.8 Å². The van der Waals surface area contributed by atoms with E-state index in [0.29, 0.717) is 17.1 Å². The van der Waals surface area contributed by atoms with Gasteiger partial charge in [-0.15, -0.1) is 0 Å². The molecule has 0 heterocycles. The third kappa shape index (κ3) is 8.23. The first-order valence-electron chi connectivity index (χ1n) is 13.8. The molecular weight excluding hydrogens is 526 g/mol. The van der Waals surface area contributed by atoms with Gasteiger partial charge >= 0.3 is 6.09 Å². The van der Waals surface area contributed by atoms with E-state index in [2.05, 4.69) is 10.6 Å². The number of nitrogens with one attached hydrogen (secondary N) is 2. The van der Waals surface area contributed by atoms with Gasteiger partial charge in [0, 0.05) is 5.54 Å². The number of halogens is 1. The van der Waals surface area contributed by atoms with Crippen molar-refractivity contribution >= 4 is 35.2 Å². The highest BCUT2D eigenvalue weighted by atomic mass is 35.5. The Bertz CT molecular complexity index is 1190. The van der Waals surface area contributed by atoms with Gasteiger partial charge in [0.05, 0.1) is 10.7 Å². The van der Waals surface area contributed by atoms with Crippen LogP contribution in [-0.4, -0.2) is 40.0 Å². The molecule has 3 atom stereocenters. The van der Waals surface area contributed by atoms with E-state index in [1.807, 2.05) is 85.7 Å². The largest absolute Gasteiger partial charge is 0.444 e. The van der Waals surface area contributed by atoms with E-state index in [0.717, 1.165) is 22.3 Å². The Balaban J connectivity index is 2.73. The lowest BCUT2D eigenvalue weighted by atomic mass is 9.88. The predicted molar refractivity (Wildman–Crippen MR) is 163 cm³/mol. The maximum atomic E-state index is 14.6. The van der Waals surface area contributed by atoms with Crippen LogP contribution in [0.1, 0.15) is 90.1 Å². The van der Waals surface area contributed by atoms with Crippen LogP contribution in [0.15, 0.2) is 36.4 Å². The molecular formula is C32H46ClN3O4. The van der Waals surface area contributed by atoms with E-state index in [1.54, 1.807) is 31.7 Å². The molecule has 0 aliphatic carbocycles. The molecule has 0 spiro atoms. The number of carbonyl (C=O) groups is 3. The summed E-state index contributed by atoms with van der Waals surface area (Å²) < 4.78 is 5.50. The lowest BCUT2D eigenvalue weighted by Gasteiger charge is -2.44. The minimum absolute atomic E-state index is 0.225. The highest BCUT2D eigenvalue weighted by Crippen LogP contribution is 2.36. The van der Waals surface area contributed by atoms with Crippen molar-refractivity contribution in [2.75, 3.05) is 5.32 Å². The van der Waals surface area contributed by atoms with E-state index < -0.39 is 35.2 Å². The second-order valence-corrected chi connectivity index (χ2v) is 12.9. The number of para-hydroxylation sites is 1. The van der Waals surface area contributed by atoms with Gasteiger partial charge in [-0.1, -0.05) is 62.2 Å². The normalized spacial score (nSPS) is 14.1. The van der Waals surface area contributed by atoms with E-state index >= 15 is 0 Å². The molecule has 2 aromatic rings. The molecule has 0 aliphatic heterocycles. The quantitative estimate of drug-likeness (QED) is 0.343. The number of benzene rings is 2. The number of hydrogen-bond acceptors (Lipinski definition) is 4. The molecule has 7 nitrogen and oxygen atoms in total. The molecule has 0 bridgehead atoms. The zero-order chi connectivity index (χ0) is 30.6. The van der Waals surface area contributed by atoms with Crippen LogP contribution in [0.3, 0.4) is 0 Å². The van der Waals surface area contributed by atoms with Crippen molar-refractivity contribution in [3.63, 3.8) is 0 Å². The molecule has 0 saturated carbocycles. The van der Waals surface area contributed by atoms with Crippen LogP contribution in [0.25, 0.3) is 0 Å². The molecule has 3 unspecified atom stereocenters. The van der Waals surface area contributed by atoms with Gasteiger partial charge in [0.1, 0.15) is 17.7 Å². The first-order chi connectivity index (χ1) is 18.4. The first kappa shape index (κ1) is 33.1. The van der Waals surface area contributed by atoms with Crippen LogP contribution in [0, 0.1) is 26.7 Å². The van der Waals surface area contributed by atoms with Crippen LogP contribution in [0.2, 0.25) is 5.02 Å². The number of rotatable bonds is 8. The standard InChI is InChI=1S/C32H46ClN3O4/c1-12-19(2)26(35-30(39)40-32(9,10)11)29(38)36(31(6,7)8)27(24-20(3)15-13-16-21(24)4)28(37)34-25-22(5)17-14-18-23(25)33/h13-19,26-27H,12H2,1-11H3,(H,34,37)(H,35,39). The van der Waals surface area contributed by atoms with Crippen LogP contribution >= 0.6 is 11.6 Å². The summed E-state index contributed by atoms with van der Waals surface area (Å²) in [6.45, 7) is 20.6. The summed E-state index contributed by atoms with van der Waals surface area (Å²) in [5.41, 5.74) is 2.25. The van der Waals surface area contributed by atoms with Crippen LogP contribution in [0.5, 0.6) is 0 Å². The van der Waals surface area contributed by atoms with Gasteiger partial charge < -0.3 is 20.3 Å². The third-order valence-corrected chi connectivity index (χ3v) is 7.22. The lowest BCUT2D eigenvalue weighted by molar-refractivity contribution is -0.148. The Morgan fingerprint density at radius 1 is 0.925 bits per heavy atom. The minimum Gasteiger partial charge on any atom is -0.444 e. The molecule has 2 aromatic carbocycles. The first-order valence-corrected chi connectivity index (χ1v) is 14.2. The molecule has 0 aromatic heterocycles. The zero-order valence-corrected chi connectivity index (χ0v) is 26.6. The van der Waals surface area contributed by atoms with Gasteiger partial charge in [0.25, 0.3) is 5.91 Å². The number of nitrogens with zero attached hydrogens (tertiary/aromatic N) is 1. The van der Waals surface area contributed by atoms with Gasteiger partial charge in [-0.05, 0) is 96.6 Å². The average molecular weight is 572 g/mol. The highest BCUT2D eigenvalue weighted by molar-refractivity contribution is 6.34. The summed E-state index contributed by atoms with van der Waals surface area (Å²) in [5, 5.41) is 6.24. The Morgan fingerprint density at radius 3 is 1.93 bits per heavy atom. The lowest BCUT2D eigenvalue weighted by Crippen LogP contribution is -2.59. The van der Waals surface area contributed by atoms with Crippen molar-refractivity contribution in [2.24, 2.45) is 5.92 Å². The number of amides is 3. The number of anilines is 1. The summed E-state index contributed by atoms with van der Waals surface area (Å²) in [5.74, 6) is -0.985. The second kappa shape index (κ2) is 13.1. The van der Waals surface area contributed by atoms with Crippen molar-refractivity contribution in [2.45, 2.75) is 106 Å². The summed E-state index contributed by atoms with van der Waals surface area (Å²) in [7, 11) is 0. The minimum atomic E-state index is -1.00. The van der Waals surface area contributed by atoms with Gasteiger partial charge in [0.15, 0.2) is 0 Å². The Morgan fingerprint density at radius 2 is 1.45 bits per heavy atom. The van der Waals surface area contributed by atoms with Crippen molar-refractivity contribution < 1.29 is 19.1 Å². The van der Waals surface area contributed by atoms with Crippen molar-refractivity contribution in [3.8, 4) is 0 Å². The van der Waals surface area contributed by atoms with E-state index in [1.165, 1.54) is 0 Å². The fraction of sp³-hybridized carbons (Fsp3) is 0.531. The molecule has 8 heteroatoms. The van der Waals surface area contributed by atoms with Crippen LogP contribution < -0.4 is 10.6 Å². The highest BCUT2D eigenvalue weighted by Gasteiger charge is 2.44. The van der Waals surface area contributed by atoms with Gasteiger partial charge in [-0.2, -0.15) is 0 Å². The topological polar surface area (TPSA) is 87.7 Å². The second-order valence-electron chi connectivity index (χ2n) is 12.5. The SMILES string of the molecule is CCC(C)C(NC(=O)OC(C)(C)C)C(=O)N(C(C(=O)Nc1c(C)cccc1Cl)c1c(C)cccc1C)C(C)(C)C. The van der Waals surface area contributed by atoms with Crippen molar-refractivity contribution in [3.05, 3.63) is 63.7 Å². The number of hydrogen-bond donors (Lipinski definition) is 2. The van der Waals surface area contributed by atoms with E-state index in [9.17, 15) is 14.4 Å². The van der Waals surface area contributed by atoms with Crippen molar-refractivity contribution in [1.29, 1.82) is 0 Å². The predicted octanol–water partition coefficient (Wildman–Crippen LogP) is 7.51. The van der Waals surface area contributed by atoms with Gasteiger partial charge in [-0.25, -0.2) is 4.79 Å². The molecule has 0 aliphatic rings. The van der Waals surface area contributed by atoms with Gasteiger partial charge in [-0.3, -0.25) is 9.59 Å². The number of carbonyl (C=O) groups excluding carboxylic acids is 3. The molecule has 0 saturated heterocycles. The summed E-state index contributed by atoms with van der Waals surface area (Å²) in [6.07, 6.45) is -0.0525. The third-order valence-electron chi connectivity index (χ3n) is 6.90. The molecule has 2 N–H and O–H groups in total. The maximum Gasteiger partial charge on any atom is 0.408 e. The monoisotopic (exact) mass is 571 g/mol. The number of alkyl carbamates (subject to hydrolysis) is 1. The molecule has 40 heavy (non-hydrogen) atoms. The smallest absolute Gasteiger partial charge is 0.408 e. The molecule has 3 amide bonds. The maximum absolute atomic E-state index is 14.6. The summed E-state index contributed by atoms with van der Waals surface area (Å²) in [6, 6.07) is 9.27. The fourth-order valence-corrected chi connectivity index (χ4v) is 5.00. The van der Waals surface area contributed by atoms with Crippen LogP contribution in [0.4, 0.5) is 10.5 Å². The van der Waals surface area contributed by atoms with Gasteiger partial charge in [0.2, 0.25) is 5.91 Å². The van der Waals surface area contributed by atoms with Crippen LogP contribution in [-0.2, 0) is 14.3 Å². The fourth-order valence-electron chi connectivity index (χ4n) is 4.73. The Kier molecular flexibility index (Phi) is 10.8. The molecule has 0 radical (unpaired) electrons. The Labute approximate surface area is 245 Å². The summed E-state index contributed by atoms with van der Waals surface area (Å²) >= 11 is 6.48. The zero-order valence-electron chi connectivity index (χ0n) is 25.9. The van der Waals surface area contributed by atoms with E-state index in [4.69, 9.17) is 16.3 Å². The number of aryl methyl sites for hydroxylation is 3. The number of ether oxygens (including phenoxy) is 1. The van der Waals surface area contributed by atoms with Crippen molar-refractivity contribution in [1.82, 2.24) is 10.2 Å². The molecule has 0 fully saturated rings.